The lowest BCUT2D eigenvalue weighted by Crippen LogP contribution is -2.32. The van der Waals surface area contributed by atoms with Gasteiger partial charge in [-0.2, -0.15) is 13.2 Å². The highest BCUT2D eigenvalue weighted by Gasteiger charge is 2.32. The fourth-order valence-electron chi connectivity index (χ4n) is 0.892. The molecular weight excluding hydrogens is 223 g/mol. The zero-order valence-electron chi connectivity index (χ0n) is 8.38. The number of carbonyl (C=O) groups excluding carboxylic acids is 1. The van der Waals surface area contributed by atoms with E-state index in [0.717, 1.165) is 18.3 Å². The summed E-state index contributed by atoms with van der Waals surface area (Å²) in [5.74, 6) is -0.485. The summed E-state index contributed by atoms with van der Waals surface area (Å²) in [5, 5.41) is 2.33. The highest BCUT2D eigenvalue weighted by Crippen LogP contribution is 2.27. The molecule has 16 heavy (non-hydrogen) atoms. The van der Waals surface area contributed by atoms with Crippen molar-refractivity contribution in [1.82, 2.24) is 4.98 Å². The predicted molar refractivity (Wildman–Crippen MR) is 51.5 cm³/mol. The minimum atomic E-state index is -4.48. The molecule has 0 aliphatic rings. The number of nitrogens with zero attached hydrogens (tertiary/aromatic N) is 1. The molecule has 3 N–H and O–H groups in total. The molecule has 1 aromatic heterocycles. The monoisotopic (exact) mass is 233 g/mol. The van der Waals surface area contributed by atoms with Crippen LogP contribution in [0.4, 0.5) is 18.9 Å². The van der Waals surface area contributed by atoms with Gasteiger partial charge in [-0.1, -0.05) is 0 Å². The predicted octanol–water partition coefficient (Wildman–Crippen LogP) is 1.39. The van der Waals surface area contributed by atoms with Crippen molar-refractivity contribution >= 4 is 11.6 Å². The van der Waals surface area contributed by atoms with E-state index in [9.17, 15) is 18.0 Å². The number of hydrogen-bond donors (Lipinski definition) is 2. The highest BCUT2D eigenvalue weighted by atomic mass is 19.4. The van der Waals surface area contributed by atoms with Gasteiger partial charge in [0.05, 0.1) is 17.9 Å². The molecule has 0 radical (unpaired) electrons. The Balaban J connectivity index is 2.76. The molecule has 88 valence electrons. The van der Waals surface area contributed by atoms with Crippen LogP contribution < -0.4 is 11.1 Å². The number of pyridine rings is 1. The Morgan fingerprint density at radius 2 is 2.12 bits per heavy atom. The molecule has 1 atom stereocenters. The van der Waals surface area contributed by atoms with E-state index >= 15 is 0 Å². The van der Waals surface area contributed by atoms with Crippen LogP contribution in [-0.2, 0) is 11.0 Å². The SMILES string of the molecule is C[C@H](N)C(=O)Nc1ccc(C(F)(F)F)nc1. The van der Waals surface area contributed by atoms with Crippen molar-refractivity contribution in [3.63, 3.8) is 0 Å². The van der Waals surface area contributed by atoms with Crippen LogP contribution in [0, 0.1) is 0 Å². The Kier molecular flexibility index (Phi) is 3.48. The minimum Gasteiger partial charge on any atom is -0.323 e. The van der Waals surface area contributed by atoms with Crippen molar-refractivity contribution < 1.29 is 18.0 Å². The van der Waals surface area contributed by atoms with Crippen molar-refractivity contribution in [2.45, 2.75) is 19.1 Å². The number of halogens is 3. The number of carbonyl (C=O) groups is 1. The zero-order chi connectivity index (χ0) is 12.3. The normalized spacial score (nSPS) is 13.3. The first-order valence-electron chi connectivity index (χ1n) is 4.40. The Morgan fingerprint density at radius 3 is 2.50 bits per heavy atom. The van der Waals surface area contributed by atoms with Crippen molar-refractivity contribution in [2.75, 3.05) is 5.32 Å². The molecule has 0 fully saturated rings. The maximum absolute atomic E-state index is 12.1. The van der Waals surface area contributed by atoms with E-state index < -0.39 is 23.8 Å². The van der Waals surface area contributed by atoms with E-state index in [1.807, 2.05) is 0 Å². The largest absolute Gasteiger partial charge is 0.433 e. The first-order chi connectivity index (χ1) is 7.30. The Labute approximate surface area is 89.7 Å². The smallest absolute Gasteiger partial charge is 0.323 e. The summed E-state index contributed by atoms with van der Waals surface area (Å²) < 4.78 is 36.4. The number of nitrogens with one attached hydrogen (secondary N) is 1. The average Bonchev–Trinajstić information content (AvgIpc) is 2.17. The summed E-state index contributed by atoms with van der Waals surface area (Å²) >= 11 is 0. The topological polar surface area (TPSA) is 68.0 Å². The van der Waals surface area contributed by atoms with Crippen LogP contribution in [0.5, 0.6) is 0 Å². The Hall–Kier alpha value is -1.63. The van der Waals surface area contributed by atoms with E-state index in [1.54, 1.807) is 0 Å². The lowest BCUT2D eigenvalue weighted by Gasteiger charge is -2.09. The molecule has 0 aromatic carbocycles. The molecule has 0 aliphatic carbocycles. The minimum absolute atomic E-state index is 0.176. The highest BCUT2D eigenvalue weighted by molar-refractivity contribution is 5.94. The van der Waals surface area contributed by atoms with Gasteiger partial charge in [-0.25, -0.2) is 4.98 Å². The molecule has 0 aliphatic heterocycles. The van der Waals surface area contributed by atoms with Crippen LogP contribution in [0.1, 0.15) is 12.6 Å². The lowest BCUT2D eigenvalue weighted by atomic mass is 10.3. The Bertz CT molecular complexity index is 373. The van der Waals surface area contributed by atoms with E-state index in [4.69, 9.17) is 5.73 Å². The summed E-state index contributed by atoms with van der Waals surface area (Å²) in [7, 11) is 0. The van der Waals surface area contributed by atoms with Gasteiger partial charge in [-0.15, -0.1) is 0 Å². The van der Waals surface area contributed by atoms with E-state index in [0.29, 0.717) is 0 Å². The maximum Gasteiger partial charge on any atom is 0.433 e. The van der Waals surface area contributed by atoms with E-state index in [2.05, 4.69) is 10.3 Å². The maximum atomic E-state index is 12.1. The van der Waals surface area contributed by atoms with Crippen LogP contribution in [-0.4, -0.2) is 16.9 Å². The van der Waals surface area contributed by atoms with Gasteiger partial charge in [0.2, 0.25) is 5.91 Å². The second-order valence-electron chi connectivity index (χ2n) is 3.21. The number of alkyl halides is 3. The fraction of sp³-hybridized carbons (Fsp3) is 0.333. The molecule has 1 heterocycles. The molecule has 0 unspecified atom stereocenters. The summed E-state index contributed by atoms with van der Waals surface area (Å²) in [4.78, 5) is 14.3. The second kappa shape index (κ2) is 4.48. The van der Waals surface area contributed by atoms with E-state index in [1.165, 1.54) is 6.92 Å². The quantitative estimate of drug-likeness (QED) is 0.811. The lowest BCUT2D eigenvalue weighted by molar-refractivity contribution is -0.141. The van der Waals surface area contributed by atoms with Gasteiger partial charge in [0.25, 0.3) is 0 Å². The number of aromatic nitrogens is 1. The zero-order valence-corrected chi connectivity index (χ0v) is 8.38. The van der Waals surface area contributed by atoms with Crippen molar-refractivity contribution in [2.24, 2.45) is 5.73 Å². The Morgan fingerprint density at radius 1 is 1.50 bits per heavy atom. The third kappa shape index (κ3) is 3.20. The summed E-state index contributed by atoms with van der Waals surface area (Å²) in [6.45, 7) is 1.47. The van der Waals surface area contributed by atoms with Crippen LogP contribution in [0.15, 0.2) is 18.3 Å². The van der Waals surface area contributed by atoms with Gasteiger partial charge in [0.1, 0.15) is 5.69 Å². The third-order valence-electron chi connectivity index (χ3n) is 1.74. The molecule has 1 rings (SSSR count). The van der Waals surface area contributed by atoms with Crippen molar-refractivity contribution in [3.05, 3.63) is 24.0 Å². The number of anilines is 1. The molecule has 0 bridgehead atoms. The van der Waals surface area contributed by atoms with Crippen molar-refractivity contribution in [1.29, 1.82) is 0 Å². The second-order valence-corrected chi connectivity index (χ2v) is 3.21. The van der Waals surface area contributed by atoms with Crippen LogP contribution >= 0.6 is 0 Å². The molecule has 0 saturated heterocycles. The van der Waals surface area contributed by atoms with Gasteiger partial charge < -0.3 is 11.1 Å². The molecule has 7 heteroatoms. The molecule has 0 spiro atoms. The first kappa shape index (κ1) is 12.4. The average molecular weight is 233 g/mol. The molecule has 4 nitrogen and oxygen atoms in total. The van der Waals surface area contributed by atoms with Crippen LogP contribution in [0.2, 0.25) is 0 Å². The van der Waals surface area contributed by atoms with Crippen molar-refractivity contribution in [3.8, 4) is 0 Å². The summed E-state index contributed by atoms with van der Waals surface area (Å²) in [6, 6.07) is 1.18. The number of nitrogens with two attached hydrogens (primary N) is 1. The van der Waals surface area contributed by atoms with Gasteiger partial charge in [0, 0.05) is 0 Å². The summed E-state index contributed by atoms with van der Waals surface area (Å²) in [6.07, 6.45) is -3.55. The standard InChI is InChI=1S/C9H10F3N3O/c1-5(13)8(16)15-6-2-3-7(14-4-6)9(10,11)12/h2-5H,13H2,1H3,(H,15,16)/t5-/m0/s1. The van der Waals surface area contributed by atoms with E-state index in [-0.39, 0.29) is 5.69 Å². The fourth-order valence-corrected chi connectivity index (χ4v) is 0.892. The van der Waals surface area contributed by atoms with Gasteiger partial charge in [-0.3, -0.25) is 4.79 Å². The molecule has 0 saturated carbocycles. The molecule has 1 aromatic rings. The molecule has 1 amide bonds. The van der Waals surface area contributed by atoms with Crippen LogP contribution in [0.3, 0.4) is 0 Å². The number of amides is 1. The molecular formula is C9H10F3N3O. The van der Waals surface area contributed by atoms with Gasteiger partial charge in [0.15, 0.2) is 0 Å². The van der Waals surface area contributed by atoms with Gasteiger partial charge >= 0.3 is 6.18 Å². The van der Waals surface area contributed by atoms with Gasteiger partial charge in [-0.05, 0) is 19.1 Å². The summed E-state index contributed by atoms with van der Waals surface area (Å²) in [5.41, 5.74) is 4.44. The number of hydrogen-bond acceptors (Lipinski definition) is 3. The first-order valence-corrected chi connectivity index (χ1v) is 4.40. The third-order valence-corrected chi connectivity index (χ3v) is 1.74. The van der Waals surface area contributed by atoms with Crippen LogP contribution in [0.25, 0.3) is 0 Å². The number of rotatable bonds is 2.